The van der Waals surface area contributed by atoms with Crippen molar-refractivity contribution < 1.29 is 9.18 Å². The first kappa shape index (κ1) is 14.5. The lowest BCUT2D eigenvalue weighted by Crippen LogP contribution is -2.26. The maximum atomic E-state index is 13.3. The Balaban J connectivity index is 2.13. The van der Waals surface area contributed by atoms with Crippen LogP contribution in [0.5, 0.6) is 0 Å². The lowest BCUT2D eigenvalue weighted by molar-refractivity contribution is 0.0939. The lowest BCUT2D eigenvalue weighted by atomic mass is 10.1. The van der Waals surface area contributed by atoms with E-state index in [1.165, 1.54) is 12.1 Å². The fourth-order valence-electron chi connectivity index (χ4n) is 1.81. The first-order chi connectivity index (χ1) is 9.47. The van der Waals surface area contributed by atoms with Crippen molar-refractivity contribution in [1.29, 1.82) is 0 Å². The molecule has 0 saturated carbocycles. The van der Waals surface area contributed by atoms with Gasteiger partial charge >= 0.3 is 0 Å². The fraction of sp³-hybridized carbons (Fsp3) is 0.133. The molecule has 2 aromatic carbocycles. The van der Waals surface area contributed by atoms with Crippen molar-refractivity contribution in [3.05, 3.63) is 63.9 Å². The van der Waals surface area contributed by atoms with Crippen molar-refractivity contribution in [2.45, 2.75) is 13.0 Å². The van der Waals surface area contributed by atoms with Crippen LogP contribution in [0.2, 0.25) is 0 Å². The van der Waals surface area contributed by atoms with Gasteiger partial charge in [-0.3, -0.25) is 4.79 Å². The van der Waals surface area contributed by atoms with Crippen molar-refractivity contribution in [3.63, 3.8) is 0 Å². The average Bonchev–Trinajstić information content (AvgIpc) is 2.41. The number of carbonyl (C=O) groups excluding carboxylic acids is 1. The summed E-state index contributed by atoms with van der Waals surface area (Å²) in [4.78, 5) is 12.0. The molecule has 0 aliphatic carbocycles. The smallest absolute Gasteiger partial charge is 0.251 e. The Labute approximate surface area is 125 Å². The predicted octanol–water partition coefficient (Wildman–Crippen LogP) is 3.66. The fourth-order valence-corrected chi connectivity index (χ4v) is 2.22. The van der Waals surface area contributed by atoms with Gasteiger partial charge in [0.05, 0.1) is 11.7 Å². The Morgan fingerprint density at radius 3 is 2.70 bits per heavy atom. The molecule has 0 aromatic heterocycles. The summed E-state index contributed by atoms with van der Waals surface area (Å²) in [5, 5.41) is 2.82. The van der Waals surface area contributed by atoms with Crippen LogP contribution in [-0.2, 0) is 0 Å². The minimum atomic E-state index is -0.590. The SMILES string of the molecule is C[C@H](NC(=O)c1ccc(N)c(F)c1)c1cccc(Br)c1. The molecule has 2 aromatic rings. The molecule has 1 amide bonds. The molecule has 5 heteroatoms. The zero-order valence-corrected chi connectivity index (χ0v) is 12.4. The van der Waals surface area contributed by atoms with Crippen molar-refractivity contribution >= 4 is 27.5 Å². The van der Waals surface area contributed by atoms with Crippen molar-refractivity contribution in [3.8, 4) is 0 Å². The average molecular weight is 337 g/mol. The van der Waals surface area contributed by atoms with Crippen LogP contribution in [0.15, 0.2) is 46.9 Å². The number of hydrogen-bond donors (Lipinski definition) is 2. The van der Waals surface area contributed by atoms with E-state index in [1.54, 1.807) is 0 Å². The van der Waals surface area contributed by atoms with E-state index in [2.05, 4.69) is 21.2 Å². The van der Waals surface area contributed by atoms with Gasteiger partial charge in [0.25, 0.3) is 5.91 Å². The van der Waals surface area contributed by atoms with Crippen LogP contribution in [0.25, 0.3) is 0 Å². The summed E-state index contributed by atoms with van der Waals surface area (Å²) in [7, 11) is 0. The highest BCUT2D eigenvalue weighted by molar-refractivity contribution is 9.10. The number of benzene rings is 2. The molecule has 104 valence electrons. The number of amides is 1. The standard InChI is InChI=1S/C15H14BrFN2O/c1-9(10-3-2-4-12(16)7-10)19-15(20)11-5-6-14(18)13(17)8-11/h2-9H,18H2,1H3,(H,19,20)/t9-/m0/s1. The van der Waals surface area contributed by atoms with Crippen LogP contribution >= 0.6 is 15.9 Å². The van der Waals surface area contributed by atoms with Gasteiger partial charge in [-0.25, -0.2) is 4.39 Å². The highest BCUT2D eigenvalue weighted by Gasteiger charge is 2.13. The van der Waals surface area contributed by atoms with E-state index in [9.17, 15) is 9.18 Å². The number of nitrogens with two attached hydrogens (primary N) is 1. The number of nitrogens with one attached hydrogen (secondary N) is 1. The van der Waals surface area contributed by atoms with Gasteiger partial charge in [-0.1, -0.05) is 28.1 Å². The lowest BCUT2D eigenvalue weighted by Gasteiger charge is -2.15. The summed E-state index contributed by atoms with van der Waals surface area (Å²) in [5.41, 5.74) is 6.63. The Morgan fingerprint density at radius 1 is 1.30 bits per heavy atom. The number of carbonyl (C=O) groups is 1. The molecule has 0 fully saturated rings. The first-order valence-corrected chi connectivity index (χ1v) is 6.88. The molecule has 0 aliphatic heterocycles. The normalized spacial score (nSPS) is 11.9. The van der Waals surface area contributed by atoms with Crippen molar-refractivity contribution in [2.75, 3.05) is 5.73 Å². The Kier molecular flexibility index (Phi) is 4.39. The number of anilines is 1. The van der Waals surface area contributed by atoms with Crippen LogP contribution in [-0.4, -0.2) is 5.91 Å². The van der Waals surface area contributed by atoms with Gasteiger partial charge in [-0.05, 0) is 42.8 Å². The van der Waals surface area contributed by atoms with E-state index >= 15 is 0 Å². The minimum absolute atomic E-state index is 0.0292. The van der Waals surface area contributed by atoms with E-state index in [4.69, 9.17) is 5.73 Å². The van der Waals surface area contributed by atoms with Crippen LogP contribution in [0.3, 0.4) is 0 Å². The van der Waals surface area contributed by atoms with Gasteiger partial charge in [0.2, 0.25) is 0 Å². The third-order valence-electron chi connectivity index (χ3n) is 2.96. The number of halogens is 2. The van der Waals surface area contributed by atoms with Crippen LogP contribution < -0.4 is 11.1 Å². The minimum Gasteiger partial charge on any atom is -0.396 e. The summed E-state index contributed by atoms with van der Waals surface area (Å²) in [6.45, 7) is 1.87. The summed E-state index contributed by atoms with van der Waals surface area (Å²) in [6, 6.07) is 11.5. The van der Waals surface area contributed by atoms with Gasteiger partial charge in [0.15, 0.2) is 0 Å². The van der Waals surface area contributed by atoms with Gasteiger partial charge in [-0.15, -0.1) is 0 Å². The van der Waals surface area contributed by atoms with Crippen molar-refractivity contribution in [2.24, 2.45) is 0 Å². The topological polar surface area (TPSA) is 55.1 Å². The molecule has 3 N–H and O–H groups in total. The van der Waals surface area contributed by atoms with E-state index in [0.717, 1.165) is 16.1 Å². The summed E-state index contributed by atoms with van der Waals surface area (Å²) < 4.78 is 14.3. The Bertz CT molecular complexity index is 646. The summed E-state index contributed by atoms with van der Waals surface area (Å²) in [6.07, 6.45) is 0. The van der Waals surface area contributed by atoms with Crippen LogP contribution in [0.1, 0.15) is 28.9 Å². The van der Waals surface area contributed by atoms with Crippen LogP contribution in [0.4, 0.5) is 10.1 Å². The highest BCUT2D eigenvalue weighted by Crippen LogP contribution is 2.19. The van der Waals surface area contributed by atoms with E-state index in [1.807, 2.05) is 31.2 Å². The molecule has 0 spiro atoms. The van der Waals surface area contributed by atoms with E-state index < -0.39 is 5.82 Å². The molecule has 0 radical (unpaired) electrons. The molecule has 1 atom stereocenters. The number of rotatable bonds is 3. The van der Waals surface area contributed by atoms with Gasteiger partial charge in [0.1, 0.15) is 5.82 Å². The zero-order chi connectivity index (χ0) is 14.7. The largest absolute Gasteiger partial charge is 0.396 e. The van der Waals surface area contributed by atoms with E-state index in [0.29, 0.717) is 0 Å². The van der Waals surface area contributed by atoms with Gasteiger partial charge in [-0.2, -0.15) is 0 Å². The van der Waals surface area contributed by atoms with Gasteiger partial charge < -0.3 is 11.1 Å². The second kappa shape index (κ2) is 6.05. The van der Waals surface area contributed by atoms with Crippen molar-refractivity contribution in [1.82, 2.24) is 5.32 Å². The monoisotopic (exact) mass is 336 g/mol. The third kappa shape index (κ3) is 3.36. The van der Waals surface area contributed by atoms with E-state index in [-0.39, 0.29) is 23.2 Å². The third-order valence-corrected chi connectivity index (χ3v) is 3.45. The molecule has 0 heterocycles. The highest BCUT2D eigenvalue weighted by atomic mass is 79.9. The quantitative estimate of drug-likeness (QED) is 0.840. The molecular formula is C15H14BrFN2O. The molecule has 0 bridgehead atoms. The molecular weight excluding hydrogens is 323 g/mol. The molecule has 0 unspecified atom stereocenters. The zero-order valence-electron chi connectivity index (χ0n) is 10.9. The second-order valence-electron chi connectivity index (χ2n) is 4.49. The molecule has 2 rings (SSSR count). The molecule has 0 aliphatic rings. The Morgan fingerprint density at radius 2 is 2.05 bits per heavy atom. The molecule has 0 saturated heterocycles. The maximum Gasteiger partial charge on any atom is 0.251 e. The second-order valence-corrected chi connectivity index (χ2v) is 5.40. The maximum absolute atomic E-state index is 13.3. The summed E-state index contributed by atoms with van der Waals surface area (Å²) in [5.74, 6) is -0.927. The van der Waals surface area contributed by atoms with Crippen LogP contribution in [0, 0.1) is 5.82 Å². The first-order valence-electron chi connectivity index (χ1n) is 6.08. The predicted molar refractivity (Wildman–Crippen MR) is 80.8 cm³/mol. The van der Waals surface area contributed by atoms with Gasteiger partial charge in [0, 0.05) is 10.0 Å². The molecule has 20 heavy (non-hydrogen) atoms. The summed E-state index contributed by atoms with van der Waals surface area (Å²) >= 11 is 3.38. The number of nitrogen functional groups attached to an aromatic ring is 1. The Hall–Kier alpha value is -1.88. The molecule has 3 nitrogen and oxygen atoms in total. The number of hydrogen-bond acceptors (Lipinski definition) is 2.